The molecule has 0 N–H and O–H groups in total. The molecule has 0 saturated heterocycles. The highest BCUT2D eigenvalue weighted by Crippen LogP contribution is 2.32. The molecule has 0 fully saturated rings. The van der Waals surface area contributed by atoms with Crippen LogP contribution in [0.2, 0.25) is 0 Å². The van der Waals surface area contributed by atoms with Crippen molar-refractivity contribution in [2.24, 2.45) is 7.05 Å². The van der Waals surface area contributed by atoms with Gasteiger partial charge in [-0.15, -0.1) is 0 Å². The first kappa shape index (κ1) is 12.7. The van der Waals surface area contributed by atoms with Gasteiger partial charge in [0.25, 0.3) is 0 Å². The quantitative estimate of drug-likeness (QED) is 0.808. The van der Waals surface area contributed by atoms with Gasteiger partial charge in [0, 0.05) is 25.5 Å². The molecule has 1 aromatic carbocycles. The van der Waals surface area contributed by atoms with Gasteiger partial charge in [0.1, 0.15) is 17.5 Å². The molecular formula is C14H16F2N2. The summed E-state index contributed by atoms with van der Waals surface area (Å²) in [6.45, 7) is 3.95. The van der Waals surface area contributed by atoms with Crippen molar-refractivity contribution >= 4 is 0 Å². The Hall–Kier alpha value is -1.71. The average Bonchev–Trinajstić information content (AvgIpc) is 2.73. The molecule has 1 unspecified atom stereocenters. The number of hydrogen-bond acceptors (Lipinski definition) is 1. The number of imidazole rings is 1. The van der Waals surface area contributed by atoms with E-state index in [9.17, 15) is 8.78 Å². The van der Waals surface area contributed by atoms with Gasteiger partial charge in [-0.25, -0.2) is 13.8 Å². The average molecular weight is 250 g/mol. The van der Waals surface area contributed by atoms with Gasteiger partial charge in [0.15, 0.2) is 0 Å². The SMILES string of the molecule is CCC(C)c1cc(F)cc(F)c1-c1nccn1C. The van der Waals surface area contributed by atoms with Gasteiger partial charge in [-0.2, -0.15) is 0 Å². The molecule has 1 aromatic heterocycles. The molecule has 0 bridgehead atoms. The Bertz CT molecular complexity index is 561. The molecule has 0 aliphatic rings. The van der Waals surface area contributed by atoms with Crippen LogP contribution in [-0.2, 0) is 7.05 Å². The van der Waals surface area contributed by atoms with E-state index in [1.54, 1.807) is 24.0 Å². The summed E-state index contributed by atoms with van der Waals surface area (Å²) in [7, 11) is 1.80. The van der Waals surface area contributed by atoms with E-state index in [0.29, 0.717) is 17.0 Å². The van der Waals surface area contributed by atoms with E-state index in [1.807, 2.05) is 13.8 Å². The van der Waals surface area contributed by atoms with E-state index < -0.39 is 11.6 Å². The van der Waals surface area contributed by atoms with Gasteiger partial charge < -0.3 is 4.57 Å². The van der Waals surface area contributed by atoms with Crippen molar-refractivity contribution in [2.75, 3.05) is 0 Å². The Morgan fingerprint density at radius 1 is 1.33 bits per heavy atom. The maximum absolute atomic E-state index is 14.1. The molecule has 1 heterocycles. The lowest BCUT2D eigenvalue weighted by atomic mass is 9.92. The van der Waals surface area contributed by atoms with E-state index in [-0.39, 0.29) is 5.92 Å². The molecule has 4 heteroatoms. The maximum atomic E-state index is 14.1. The van der Waals surface area contributed by atoms with Gasteiger partial charge in [0.2, 0.25) is 0 Å². The van der Waals surface area contributed by atoms with Gasteiger partial charge in [-0.05, 0) is 24.0 Å². The normalized spacial score (nSPS) is 12.7. The summed E-state index contributed by atoms with van der Waals surface area (Å²) in [6.07, 6.45) is 4.18. The molecule has 2 aromatic rings. The van der Waals surface area contributed by atoms with E-state index in [1.165, 1.54) is 6.07 Å². The molecule has 96 valence electrons. The third kappa shape index (κ3) is 2.15. The van der Waals surface area contributed by atoms with Gasteiger partial charge >= 0.3 is 0 Å². The van der Waals surface area contributed by atoms with Crippen LogP contribution < -0.4 is 0 Å². The van der Waals surface area contributed by atoms with Gasteiger partial charge in [0.05, 0.1) is 5.56 Å². The van der Waals surface area contributed by atoms with Crippen molar-refractivity contribution in [3.05, 3.63) is 41.7 Å². The highest BCUT2D eigenvalue weighted by atomic mass is 19.1. The second kappa shape index (κ2) is 4.88. The number of nitrogens with zero attached hydrogens (tertiary/aromatic N) is 2. The molecule has 0 amide bonds. The molecule has 1 atom stereocenters. The molecule has 0 spiro atoms. The van der Waals surface area contributed by atoms with Crippen molar-refractivity contribution in [3.8, 4) is 11.4 Å². The smallest absolute Gasteiger partial charge is 0.142 e. The van der Waals surface area contributed by atoms with Crippen LogP contribution >= 0.6 is 0 Å². The van der Waals surface area contributed by atoms with Crippen LogP contribution in [0, 0.1) is 11.6 Å². The first-order valence-electron chi connectivity index (χ1n) is 6.01. The van der Waals surface area contributed by atoms with E-state index in [4.69, 9.17) is 0 Å². The van der Waals surface area contributed by atoms with Crippen LogP contribution in [0.4, 0.5) is 8.78 Å². The predicted molar refractivity (Wildman–Crippen MR) is 67.3 cm³/mol. The summed E-state index contributed by atoms with van der Waals surface area (Å²) < 4.78 is 29.2. The second-order valence-electron chi connectivity index (χ2n) is 4.52. The summed E-state index contributed by atoms with van der Waals surface area (Å²) in [5.41, 5.74) is 1.07. The van der Waals surface area contributed by atoms with Crippen molar-refractivity contribution < 1.29 is 8.78 Å². The fraction of sp³-hybridized carbons (Fsp3) is 0.357. The Morgan fingerprint density at radius 3 is 2.61 bits per heavy atom. The van der Waals surface area contributed by atoms with Crippen LogP contribution in [0.5, 0.6) is 0 Å². The van der Waals surface area contributed by atoms with Crippen molar-refractivity contribution in [2.45, 2.75) is 26.2 Å². The summed E-state index contributed by atoms with van der Waals surface area (Å²) in [5.74, 6) is -0.481. The monoisotopic (exact) mass is 250 g/mol. The Morgan fingerprint density at radius 2 is 2.06 bits per heavy atom. The lowest BCUT2D eigenvalue weighted by Gasteiger charge is -2.16. The molecular weight excluding hydrogens is 234 g/mol. The predicted octanol–water partition coefficient (Wildman–Crippen LogP) is 3.88. The van der Waals surface area contributed by atoms with Crippen molar-refractivity contribution in [1.82, 2.24) is 9.55 Å². The summed E-state index contributed by atoms with van der Waals surface area (Å²) in [6, 6.07) is 2.32. The van der Waals surface area contributed by atoms with Crippen LogP contribution in [0.25, 0.3) is 11.4 Å². The fourth-order valence-electron chi connectivity index (χ4n) is 2.04. The second-order valence-corrected chi connectivity index (χ2v) is 4.52. The first-order valence-corrected chi connectivity index (χ1v) is 6.01. The molecule has 0 aliphatic carbocycles. The molecule has 0 aliphatic heterocycles. The number of rotatable bonds is 3. The summed E-state index contributed by atoms with van der Waals surface area (Å²) in [5, 5.41) is 0. The van der Waals surface area contributed by atoms with Gasteiger partial charge in [-0.3, -0.25) is 0 Å². The summed E-state index contributed by atoms with van der Waals surface area (Å²) in [4.78, 5) is 4.15. The third-order valence-corrected chi connectivity index (χ3v) is 3.27. The lowest BCUT2D eigenvalue weighted by molar-refractivity contribution is 0.575. The fourth-order valence-corrected chi connectivity index (χ4v) is 2.04. The summed E-state index contributed by atoms with van der Waals surface area (Å²) >= 11 is 0. The maximum Gasteiger partial charge on any atom is 0.142 e. The zero-order valence-electron chi connectivity index (χ0n) is 10.7. The van der Waals surface area contributed by atoms with Crippen LogP contribution in [0.1, 0.15) is 31.7 Å². The highest BCUT2D eigenvalue weighted by Gasteiger charge is 2.19. The van der Waals surface area contributed by atoms with E-state index >= 15 is 0 Å². The molecule has 18 heavy (non-hydrogen) atoms. The van der Waals surface area contributed by atoms with Crippen molar-refractivity contribution in [3.63, 3.8) is 0 Å². The van der Waals surface area contributed by atoms with Crippen LogP contribution in [0.15, 0.2) is 24.5 Å². The van der Waals surface area contributed by atoms with Gasteiger partial charge in [-0.1, -0.05) is 13.8 Å². The minimum atomic E-state index is -0.556. The number of aromatic nitrogens is 2. The molecule has 2 rings (SSSR count). The van der Waals surface area contributed by atoms with Crippen LogP contribution in [0.3, 0.4) is 0 Å². The minimum Gasteiger partial charge on any atom is -0.334 e. The van der Waals surface area contributed by atoms with E-state index in [0.717, 1.165) is 12.5 Å². The zero-order chi connectivity index (χ0) is 13.3. The molecule has 2 nitrogen and oxygen atoms in total. The number of hydrogen-bond donors (Lipinski definition) is 0. The minimum absolute atomic E-state index is 0.0851. The Kier molecular flexibility index (Phi) is 3.45. The number of halogens is 2. The Balaban J connectivity index is 2.69. The number of aryl methyl sites for hydroxylation is 1. The first-order chi connectivity index (χ1) is 8.54. The van der Waals surface area contributed by atoms with Crippen molar-refractivity contribution in [1.29, 1.82) is 0 Å². The topological polar surface area (TPSA) is 17.8 Å². The number of benzene rings is 1. The van der Waals surface area contributed by atoms with E-state index in [2.05, 4.69) is 4.98 Å². The highest BCUT2D eigenvalue weighted by molar-refractivity contribution is 5.62. The van der Waals surface area contributed by atoms with Crippen LogP contribution in [-0.4, -0.2) is 9.55 Å². The molecule has 0 saturated carbocycles. The molecule has 0 radical (unpaired) electrons. The largest absolute Gasteiger partial charge is 0.334 e. The standard InChI is InChI=1S/C14H16F2N2/c1-4-9(2)11-7-10(15)8-12(16)13(11)14-17-5-6-18(14)3/h5-9H,4H2,1-3H3. The zero-order valence-corrected chi connectivity index (χ0v) is 10.7. The Labute approximate surface area is 105 Å². The lowest BCUT2D eigenvalue weighted by Crippen LogP contribution is -2.03. The third-order valence-electron chi connectivity index (χ3n) is 3.27.